The lowest BCUT2D eigenvalue weighted by atomic mass is 9.95. The van der Waals surface area contributed by atoms with E-state index in [1.54, 1.807) is 0 Å². The van der Waals surface area contributed by atoms with E-state index >= 15 is 0 Å². The Morgan fingerprint density at radius 1 is 0.944 bits per heavy atom. The first-order valence-corrected chi connectivity index (χ1v) is 7.41. The molecule has 1 heterocycles. The summed E-state index contributed by atoms with van der Waals surface area (Å²) in [5.74, 6) is 0.579. The second-order valence-corrected chi connectivity index (χ2v) is 6.02. The van der Waals surface area contributed by atoms with Crippen molar-refractivity contribution in [1.82, 2.24) is 5.32 Å². The molecule has 0 aliphatic heterocycles. The van der Waals surface area contributed by atoms with Crippen LogP contribution in [0.2, 0.25) is 0 Å². The molecule has 2 aromatic rings. The summed E-state index contributed by atoms with van der Waals surface area (Å²) in [5.41, 5.74) is 1.37. The topological polar surface area (TPSA) is 12.0 Å². The van der Waals surface area contributed by atoms with E-state index < -0.39 is 0 Å². The zero-order chi connectivity index (χ0) is 13.0. The Balaban J connectivity index is 2.12. The number of benzene rings is 1. The van der Waals surface area contributed by atoms with E-state index in [2.05, 4.69) is 73.9 Å². The third kappa shape index (κ3) is 3.21. The summed E-state index contributed by atoms with van der Waals surface area (Å²) in [6, 6.07) is 15.8. The van der Waals surface area contributed by atoms with Gasteiger partial charge in [0.25, 0.3) is 0 Å². The summed E-state index contributed by atoms with van der Waals surface area (Å²) in [5, 5.41) is 5.88. The van der Waals surface area contributed by atoms with Crippen molar-refractivity contribution < 1.29 is 0 Å². The van der Waals surface area contributed by atoms with E-state index in [0.717, 1.165) is 0 Å². The van der Waals surface area contributed by atoms with Gasteiger partial charge >= 0.3 is 0 Å². The highest BCUT2D eigenvalue weighted by molar-refractivity contribution is 7.10. The van der Waals surface area contributed by atoms with Gasteiger partial charge in [-0.1, -0.05) is 50.2 Å². The van der Waals surface area contributed by atoms with Crippen LogP contribution in [0.1, 0.15) is 43.3 Å². The maximum Gasteiger partial charge on any atom is 0.0391 e. The Morgan fingerprint density at radius 3 is 2.22 bits per heavy atom. The molecular weight excluding hydrogens is 238 g/mol. The highest BCUT2D eigenvalue weighted by Gasteiger charge is 2.18. The molecule has 0 fully saturated rings. The summed E-state index contributed by atoms with van der Waals surface area (Å²) in [6.07, 6.45) is 0. The molecule has 18 heavy (non-hydrogen) atoms. The summed E-state index contributed by atoms with van der Waals surface area (Å²) >= 11 is 1.82. The van der Waals surface area contributed by atoms with Gasteiger partial charge in [-0.3, -0.25) is 0 Å². The molecule has 2 heteroatoms. The third-order valence-corrected chi connectivity index (χ3v) is 4.28. The molecule has 0 amide bonds. The minimum atomic E-state index is 0.401. The quantitative estimate of drug-likeness (QED) is 0.813. The van der Waals surface area contributed by atoms with Crippen LogP contribution in [0.4, 0.5) is 0 Å². The summed E-state index contributed by atoms with van der Waals surface area (Å²) in [6.45, 7) is 6.78. The van der Waals surface area contributed by atoms with Crippen molar-refractivity contribution in [1.29, 1.82) is 0 Å². The van der Waals surface area contributed by atoms with Crippen LogP contribution < -0.4 is 5.32 Å². The first-order chi connectivity index (χ1) is 8.68. The molecule has 2 atom stereocenters. The van der Waals surface area contributed by atoms with Crippen LogP contribution >= 0.6 is 11.3 Å². The second kappa shape index (κ2) is 6.17. The van der Waals surface area contributed by atoms with Gasteiger partial charge in [0, 0.05) is 17.0 Å². The lowest BCUT2D eigenvalue weighted by Crippen LogP contribution is -2.28. The van der Waals surface area contributed by atoms with Gasteiger partial charge in [-0.05, 0) is 29.9 Å². The number of hydrogen-bond donors (Lipinski definition) is 1. The maximum absolute atomic E-state index is 3.75. The smallest absolute Gasteiger partial charge is 0.0391 e. The minimum absolute atomic E-state index is 0.401. The van der Waals surface area contributed by atoms with E-state index in [9.17, 15) is 0 Å². The lowest BCUT2D eigenvalue weighted by molar-refractivity contribution is 0.377. The van der Waals surface area contributed by atoms with Gasteiger partial charge in [0.2, 0.25) is 0 Å². The van der Waals surface area contributed by atoms with Crippen molar-refractivity contribution in [2.45, 2.75) is 32.9 Å². The van der Waals surface area contributed by atoms with Gasteiger partial charge < -0.3 is 5.32 Å². The first kappa shape index (κ1) is 13.3. The van der Waals surface area contributed by atoms with E-state index in [1.165, 1.54) is 10.4 Å². The van der Waals surface area contributed by atoms with Crippen LogP contribution in [0.25, 0.3) is 0 Å². The monoisotopic (exact) mass is 259 g/mol. The molecule has 1 aromatic carbocycles. The van der Waals surface area contributed by atoms with Gasteiger partial charge in [-0.15, -0.1) is 11.3 Å². The van der Waals surface area contributed by atoms with Crippen molar-refractivity contribution in [3.05, 3.63) is 58.3 Å². The first-order valence-electron chi connectivity index (χ1n) is 6.53. The zero-order valence-corrected chi connectivity index (χ0v) is 12.1. The fraction of sp³-hybridized carbons (Fsp3) is 0.375. The van der Waals surface area contributed by atoms with Crippen LogP contribution in [-0.2, 0) is 0 Å². The molecule has 0 saturated heterocycles. The van der Waals surface area contributed by atoms with Crippen molar-refractivity contribution in [2.75, 3.05) is 0 Å². The maximum atomic E-state index is 3.75. The Labute approximate surface area is 114 Å². The summed E-state index contributed by atoms with van der Waals surface area (Å²) < 4.78 is 0. The average molecular weight is 259 g/mol. The van der Waals surface area contributed by atoms with Gasteiger partial charge in [0.05, 0.1) is 0 Å². The standard InChI is InChI=1S/C16H21NS/c1-12(2)16(14-8-5-4-6-9-14)17-13(3)15-10-7-11-18-15/h4-13,16-17H,1-3H3. The molecule has 0 aliphatic carbocycles. The van der Waals surface area contributed by atoms with E-state index in [-0.39, 0.29) is 0 Å². The number of hydrogen-bond acceptors (Lipinski definition) is 2. The normalized spacial score (nSPS) is 14.7. The highest BCUT2D eigenvalue weighted by Crippen LogP contribution is 2.27. The van der Waals surface area contributed by atoms with Crippen LogP contribution in [-0.4, -0.2) is 0 Å². The predicted octanol–water partition coefficient (Wildman–Crippen LogP) is 4.80. The SMILES string of the molecule is CC(NC(c1ccccc1)C(C)C)c1cccs1. The number of thiophene rings is 1. The molecule has 96 valence electrons. The van der Waals surface area contributed by atoms with Crippen LogP contribution in [0.15, 0.2) is 47.8 Å². The third-order valence-electron chi connectivity index (χ3n) is 3.22. The second-order valence-electron chi connectivity index (χ2n) is 5.04. The fourth-order valence-electron chi connectivity index (χ4n) is 2.22. The Hall–Kier alpha value is -1.12. The number of rotatable bonds is 5. The predicted molar refractivity (Wildman–Crippen MR) is 79.9 cm³/mol. The molecule has 0 aliphatic rings. The molecule has 0 bridgehead atoms. The van der Waals surface area contributed by atoms with Gasteiger partial charge in [0.15, 0.2) is 0 Å². The molecule has 1 nitrogen and oxygen atoms in total. The largest absolute Gasteiger partial charge is 0.302 e. The average Bonchev–Trinajstić information content (AvgIpc) is 2.90. The molecule has 1 aromatic heterocycles. The van der Waals surface area contributed by atoms with E-state index in [1.807, 2.05) is 11.3 Å². The summed E-state index contributed by atoms with van der Waals surface area (Å²) in [4.78, 5) is 1.40. The highest BCUT2D eigenvalue weighted by atomic mass is 32.1. The molecule has 0 radical (unpaired) electrons. The lowest BCUT2D eigenvalue weighted by Gasteiger charge is -2.26. The molecule has 0 saturated carbocycles. The molecule has 2 unspecified atom stereocenters. The van der Waals surface area contributed by atoms with Crippen molar-refractivity contribution in [3.8, 4) is 0 Å². The Bertz CT molecular complexity index is 447. The molecule has 1 N–H and O–H groups in total. The molecular formula is C16H21NS. The van der Waals surface area contributed by atoms with Crippen molar-refractivity contribution in [3.63, 3.8) is 0 Å². The van der Waals surface area contributed by atoms with Crippen LogP contribution in [0, 0.1) is 5.92 Å². The Morgan fingerprint density at radius 2 is 1.67 bits per heavy atom. The minimum Gasteiger partial charge on any atom is -0.302 e. The van der Waals surface area contributed by atoms with Gasteiger partial charge in [-0.2, -0.15) is 0 Å². The van der Waals surface area contributed by atoms with Crippen molar-refractivity contribution in [2.24, 2.45) is 5.92 Å². The van der Waals surface area contributed by atoms with Gasteiger partial charge in [-0.25, -0.2) is 0 Å². The van der Waals surface area contributed by atoms with Crippen LogP contribution in [0.5, 0.6) is 0 Å². The fourth-order valence-corrected chi connectivity index (χ4v) is 2.97. The molecule has 2 rings (SSSR count). The zero-order valence-electron chi connectivity index (χ0n) is 11.3. The van der Waals surface area contributed by atoms with Crippen molar-refractivity contribution >= 4 is 11.3 Å². The Kier molecular flexibility index (Phi) is 4.56. The van der Waals surface area contributed by atoms with E-state index in [4.69, 9.17) is 0 Å². The number of nitrogens with one attached hydrogen (secondary N) is 1. The summed E-state index contributed by atoms with van der Waals surface area (Å²) in [7, 11) is 0. The molecule has 0 spiro atoms. The van der Waals surface area contributed by atoms with E-state index in [0.29, 0.717) is 18.0 Å². The van der Waals surface area contributed by atoms with Crippen LogP contribution in [0.3, 0.4) is 0 Å². The van der Waals surface area contributed by atoms with Gasteiger partial charge in [0.1, 0.15) is 0 Å².